The SMILES string of the molecule is CC/C=C/C=C/C=C/C=C/C=C/CCCC(=O)OC(COC(=O)CCCCCCCCCCC/C=C/C/C=C/C/C=C/C/C=C/CC)CO[C@@H]1O[C@H](CO[C@@H]2O[C@H](CO)[C@H](O)C(O)C2O)[C@H](O)C(O)C1O. The second-order valence-corrected chi connectivity index (χ2v) is 17.7. The summed E-state index contributed by atoms with van der Waals surface area (Å²) in [5, 5.41) is 72.1. The van der Waals surface area contributed by atoms with Crippen molar-refractivity contribution >= 4 is 11.9 Å². The molecule has 2 saturated heterocycles. The van der Waals surface area contributed by atoms with E-state index in [0.29, 0.717) is 19.3 Å². The molecule has 11 atom stereocenters. The minimum Gasteiger partial charge on any atom is -0.462 e. The highest BCUT2D eigenvalue weighted by molar-refractivity contribution is 5.70. The Bertz CT molecular complexity index is 1650. The molecule has 0 amide bonds. The third-order valence-electron chi connectivity index (χ3n) is 11.6. The van der Waals surface area contributed by atoms with E-state index in [4.69, 9.17) is 28.4 Å². The van der Waals surface area contributed by atoms with Crippen LogP contribution in [-0.4, -0.2) is 142 Å². The summed E-state index contributed by atoms with van der Waals surface area (Å²) in [4.78, 5) is 25.7. The molecule has 2 rings (SSSR count). The lowest BCUT2D eigenvalue weighted by Crippen LogP contribution is -2.61. The zero-order valence-electron chi connectivity index (χ0n) is 42.4. The maximum atomic E-state index is 13.0. The molecule has 2 fully saturated rings. The number of rotatable bonds is 38. The Morgan fingerprint density at radius 2 is 0.930 bits per heavy atom. The average molecular weight is 1000 g/mol. The zero-order chi connectivity index (χ0) is 51.7. The predicted molar refractivity (Wildman–Crippen MR) is 275 cm³/mol. The topological polar surface area (TPSA) is 231 Å². The van der Waals surface area contributed by atoms with Crippen LogP contribution in [-0.2, 0) is 38.0 Å². The van der Waals surface area contributed by atoms with Gasteiger partial charge in [0.1, 0.15) is 55.4 Å². The Kier molecular flexibility index (Phi) is 37.1. The highest BCUT2D eigenvalue weighted by Gasteiger charge is 2.47. The highest BCUT2D eigenvalue weighted by Crippen LogP contribution is 2.26. The fourth-order valence-corrected chi connectivity index (χ4v) is 7.41. The van der Waals surface area contributed by atoms with Gasteiger partial charge in [0.15, 0.2) is 18.7 Å². The number of allylic oxidation sites excluding steroid dienone is 18. The molecule has 15 heteroatoms. The largest absolute Gasteiger partial charge is 0.462 e. The summed E-state index contributed by atoms with van der Waals surface area (Å²) in [6.07, 6.45) is 37.0. The Morgan fingerprint density at radius 1 is 0.465 bits per heavy atom. The van der Waals surface area contributed by atoms with Gasteiger partial charge in [0.05, 0.1) is 19.8 Å². The van der Waals surface area contributed by atoms with Crippen LogP contribution in [0.3, 0.4) is 0 Å². The number of hydrogen-bond acceptors (Lipinski definition) is 15. The zero-order valence-corrected chi connectivity index (χ0v) is 42.4. The van der Waals surface area contributed by atoms with Gasteiger partial charge in [-0.15, -0.1) is 0 Å². The van der Waals surface area contributed by atoms with Gasteiger partial charge in [-0.3, -0.25) is 9.59 Å². The average Bonchev–Trinajstić information content (AvgIpc) is 3.36. The van der Waals surface area contributed by atoms with Crippen molar-refractivity contribution < 1.29 is 73.8 Å². The molecule has 2 aliphatic rings. The van der Waals surface area contributed by atoms with Crippen molar-refractivity contribution in [2.45, 2.75) is 203 Å². The number of ether oxygens (including phenoxy) is 6. The van der Waals surface area contributed by atoms with E-state index in [1.165, 1.54) is 25.7 Å². The number of aliphatic hydroxyl groups excluding tert-OH is 7. The van der Waals surface area contributed by atoms with Gasteiger partial charge in [0.2, 0.25) is 0 Å². The molecule has 7 N–H and O–H groups in total. The summed E-state index contributed by atoms with van der Waals surface area (Å²) in [5.74, 6) is -1.03. The summed E-state index contributed by atoms with van der Waals surface area (Å²) in [5.41, 5.74) is 0. The Balaban J connectivity index is 1.79. The van der Waals surface area contributed by atoms with Crippen molar-refractivity contribution in [2.75, 3.05) is 26.4 Å². The van der Waals surface area contributed by atoms with Gasteiger partial charge in [0, 0.05) is 12.8 Å². The van der Waals surface area contributed by atoms with E-state index in [1.807, 2.05) is 54.7 Å². The maximum Gasteiger partial charge on any atom is 0.306 e. The molecule has 0 aromatic rings. The lowest BCUT2D eigenvalue weighted by Gasteiger charge is -2.42. The van der Waals surface area contributed by atoms with Crippen molar-refractivity contribution in [2.24, 2.45) is 0 Å². The molecule has 5 unspecified atom stereocenters. The smallest absolute Gasteiger partial charge is 0.306 e. The third kappa shape index (κ3) is 29.5. The van der Waals surface area contributed by atoms with Gasteiger partial charge in [-0.05, 0) is 64.2 Å². The first-order chi connectivity index (χ1) is 34.5. The molecular formula is C56H88O15. The third-order valence-corrected chi connectivity index (χ3v) is 11.6. The maximum absolute atomic E-state index is 13.0. The fourth-order valence-electron chi connectivity index (χ4n) is 7.41. The molecule has 0 aliphatic carbocycles. The monoisotopic (exact) mass is 1000 g/mol. The molecule has 0 saturated carbocycles. The number of aliphatic hydroxyl groups is 7. The summed E-state index contributed by atoms with van der Waals surface area (Å²) >= 11 is 0. The lowest BCUT2D eigenvalue weighted by molar-refractivity contribution is -0.332. The molecule has 0 bridgehead atoms. The van der Waals surface area contributed by atoms with Crippen LogP contribution < -0.4 is 0 Å². The van der Waals surface area contributed by atoms with E-state index >= 15 is 0 Å². The van der Waals surface area contributed by atoms with Gasteiger partial charge in [-0.25, -0.2) is 0 Å². The minimum absolute atomic E-state index is 0.0608. The minimum atomic E-state index is -1.79. The molecule has 2 heterocycles. The van der Waals surface area contributed by atoms with Gasteiger partial charge in [-0.2, -0.15) is 0 Å². The summed E-state index contributed by atoms with van der Waals surface area (Å²) in [6, 6.07) is 0. The van der Waals surface area contributed by atoms with Crippen molar-refractivity contribution in [1.29, 1.82) is 0 Å². The van der Waals surface area contributed by atoms with Gasteiger partial charge < -0.3 is 64.2 Å². The summed E-state index contributed by atoms with van der Waals surface area (Å²) in [6.45, 7) is 2.22. The molecule has 0 aromatic heterocycles. The quantitative estimate of drug-likeness (QED) is 0.0137. The van der Waals surface area contributed by atoms with E-state index in [1.54, 1.807) is 0 Å². The van der Waals surface area contributed by atoms with E-state index in [9.17, 15) is 45.3 Å². The first-order valence-corrected chi connectivity index (χ1v) is 26.0. The van der Waals surface area contributed by atoms with Crippen LogP contribution in [0.4, 0.5) is 0 Å². The molecule has 0 spiro atoms. The molecule has 0 radical (unpaired) electrons. The molecule has 2 aliphatic heterocycles. The van der Waals surface area contributed by atoms with Crippen LogP contribution in [0.15, 0.2) is 109 Å². The first-order valence-electron chi connectivity index (χ1n) is 26.0. The van der Waals surface area contributed by atoms with Crippen molar-refractivity contribution in [3.63, 3.8) is 0 Å². The van der Waals surface area contributed by atoms with Gasteiger partial charge in [-0.1, -0.05) is 168 Å². The molecular weight excluding hydrogens is 913 g/mol. The molecule has 71 heavy (non-hydrogen) atoms. The van der Waals surface area contributed by atoms with Crippen LogP contribution in [0.25, 0.3) is 0 Å². The van der Waals surface area contributed by atoms with Gasteiger partial charge in [0.25, 0.3) is 0 Å². The van der Waals surface area contributed by atoms with Crippen LogP contribution in [0.1, 0.15) is 136 Å². The van der Waals surface area contributed by atoms with Crippen LogP contribution in [0.2, 0.25) is 0 Å². The lowest BCUT2D eigenvalue weighted by atomic mass is 9.98. The van der Waals surface area contributed by atoms with E-state index in [-0.39, 0.29) is 19.4 Å². The molecule has 15 nitrogen and oxygen atoms in total. The van der Waals surface area contributed by atoms with E-state index < -0.39 is 99.3 Å². The normalized spacial score (nSPS) is 26.1. The van der Waals surface area contributed by atoms with Crippen molar-refractivity contribution in [3.05, 3.63) is 109 Å². The van der Waals surface area contributed by atoms with Crippen LogP contribution in [0, 0.1) is 0 Å². The summed E-state index contributed by atoms with van der Waals surface area (Å²) < 4.78 is 33.5. The Labute approximate surface area is 423 Å². The number of hydrogen-bond donors (Lipinski definition) is 7. The summed E-state index contributed by atoms with van der Waals surface area (Å²) in [7, 11) is 0. The highest BCUT2D eigenvalue weighted by atomic mass is 16.7. The van der Waals surface area contributed by atoms with E-state index in [2.05, 4.69) is 68.5 Å². The van der Waals surface area contributed by atoms with Crippen molar-refractivity contribution in [1.82, 2.24) is 0 Å². The number of carbonyl (C=O) groups excluding carboxylic acids is 2. The van der Waals surface area contributed by atoms with Crippen LogP contribution >= 0.6 is 0 Å². The number of carbonyl (C=O) groups is 2. The Morgan fingerprint density at radius 3 is 1.52 bits per heavy atom. The second kappa shape index (κ2) is 41.6. The van der Waals surface area contributed by atoms with Crippen molar-refractivity contribution in [3.8, 4) is 0 Å². The van der Waals surface area contributed by atoms with Crippen LogP contribution in [0.5, 0.6) is 0 Å². The van der Waals surface area contributed by atoms with Gasteiger partial charge >= 0.3 is 11.9 Å². The molecule has 0 aromatic carbocycles. The Hall–Kier alpha value is -3.84. The van der Waals surface area contributed by atoms with E-state index in [0.717, 1.165) is 64.2 Å². The first kappa shape index (κ1) is 63.3. The fraction of sp³-hybridized carbons (Fsp3) is 0.643. The number of unbranched alkanes of at least 4 members (excludes halogenated alkanes) is 10. The predicted octanol–water partition coefficient (Wildman–Crippen LogP) is 7.54. The number of esters is 2. The molecule has 402 valence electrons. The standard InChI is InChI=1S/C56H88O15/c1-3-5-7-9-11-13-15-17-18-19-20-21-22-23-24-25-27-28-30-32-34-36-38-47(58)66-41-44(69-48(59)39-37-35-33-31-29-26-16-14-12-10-8-6-4-2)42-67-55-54(65)52(63)50(61)46(71-55)43-68-56-53(64)51(62)49(60)45(40-57)70-56/h5-8,10-14,16-18,20-21,26,29,31,33,44-46,49-57,60-65H,3-4,9,15,19,22-25,27-28,30,32,34-43H2,1-2H3/b7-5+,8-6+,12-10+,13-11+,16-14+,18-17+,21-20+,29-26+,33-31+/t44?,45-,46-,49+,50+,51?,52?,53?,54?,55-,56-/m1/s1. The second-order valence-electron chi connectivity index (χ2n) is 17.7.